The van der Waals surface area contributed by atoms with Crippen molar-refractivity contribution >= 4 is 78.0 Å². The first kappa shape index (κ1) is 45.9. The van der Waals surface area contributed by atoms with Crippen molar-refractivity contribution in [2.45, 2.75) is 162 Å². The molecule has 69 heavy (non-hydrogen) atoms. The summed E-state index contributed by atoms with van der Waals surface area (Å²) >= 11 is 1.91. The lowest BCUT2D eigenvalue weighted by Crippen LogP contribution is -2.62. The second-order valence-corrected chi connectivity index (χ2v) is 27.0. The Balaban J connectivity index is 1.34. The Morgan fingerprint density at radius 2 is 1.14 bits per heavy atom. The van der Waals surface area contributed by atoms with Gasteiger partial charge in [0.2, 0.25) is 0 Å². The van der Waals surface area contributed by atoms with Gasteiger partial charge in [0, 0.05) is 33.0 Å². The molecule has 11 rings (SSSR count). The van der Waals surface area contributed by atoms with E-state index in [1.807, 2.05) is 11.3 Å². The number of thiophene rings is 1. The number of rotatable bonds is 3. The molecule has 6 aromatic carbocycles. The molecule has 3 nitrogen and oxygen atoms in total. The van der Waals surface area contributed by atoms with E-state index in [9.17, 15) is 5.26 Å². The molecule has 7 aromatic rings. The minimum absolute atomic E-state index is 0.00309. The molecule has 3 heterocycles. The molecule has 2 aliphatic carbocycles. The van der Waals surface area contributed by atoms with Gasteiger partial charge in [-0.15, -0.1) is 11.3 Å². The number of aryl methyl sites for hydroxylation is 1. The second-order valence-electron chi connectivity index (χ2n) is 25.9. The largest absolute Gasteiger partial charge is 0.310 e. The molecule has 0 N–H and O–H groups in total. The van der Waals surface area contributed by atoms with Crippen LogP contribution >= 0.6 is 11.3 Å². The Labute approximate surface area is 417 Å². The van der Waals surface area contributed by atoms with Crippen molar-refractivity contribution in [2.75, 3.05) is 9.80 Å². The van der Waals surface area contributed by atoms with Gasteiger partial charge in [-0.25, -0.2) is 0 Å². The van der Waals surface area contributed by atoms with Crippen LogP contribution in [0.1, 0.15) is 167 Å². The molecule has 0 saturated heterocycles. The Morgan fingerprint density at radius 3 is 1.77 bits per heavy atom. The van der Waals surface area contributed by atoms with Crippen molar-refractivity contribution in [3.05, 3.63) is 148 Å². The predicted molar refractivity (Wildman–Crippen MR) is 299 cm³/mol. The Hall–Kier alpha value is -5.57. The van der Waals surface area contributed by atoms with Crippen LogP contribution in [0.3, 0.4) is 0 Å². The van der Waals surface area contributed by atoms with Gasteiger partial charge in [-0.2, -0.15) is 5.26 Å². The van der Waals surface area contributed by atoms with E-state index in [1.54, 1.807) is 0 Å². The Kier molecular flexibility index (Phi) is 9.95. The third kappa shape index (κ3) is 6.93. The molecule has 0 atom stereocenters. The zero-order chi connectivity index (χ0) is 49.1. The van der Waals surface area contributed by atoms with Crippen molar-refractivity contribution in [3.8, 4) is 17.2 Å². The zero-order valence-corrected chi connectivity index (χ0v) is 44.8. The summed E-state index contributed by atoms with van der Waals surface area (Å²) in [6.07, 6.45) is 4.49. The molecular formula is C64H70BN3S. The van der Waals surface area contributed by atoms with Gasteiger partial charge in [-0.3, -0.25) is 0 Å². The third-order valence-electron chi connectivity index (χ3n) is 17.2. The number of nitrogens with zero attached hydrogens (tertiary/aromatic N) is 3. The van der Waals surface area contributed by atoms with Crippen molar-refractivity contribution in [3.63, 3.8) is 0 Å². The number of nitriles is 1. The van der Waals surface area contributed by atoms with Crippen molar-refractivity contribution in [1.82, 2.24) is 0 Å². The van der Waals surface area contributed by atoms with Gasteiger partial charge in [-0.05, 0) is 168 Å². The van der Waals surface area contributed by atoms with Crippen LogP contribution in [-0.2, 0) is 32.5 Å². The highest BCUT2D eigenvalue weighted by atomic mass is 32.1. The number of anilines is 6. The van der Waals surface area contributed by atoms with Crippen LogP contribution in [0.2, 0.25) is 0 Å². The first-order valence-electron chi connectivity index (χ1n) is 25.6. The molecule has 0 bridgehead atoms. The van der Waals surface area contributed by atoms with Crippen LogP contribution in [-0.4, -0.2) is 6.71 Å². The normalized spacial score (nSPS) is 18.2. The lowest BCUT2D eigenvalue weighted by molar-refractivity contribution is 0.332. The van der Waals surface area contributed by atoms with Gasteiger partial charge < -0.3 is 9.80 Å². The molecule has 0 unspecified atom stereocenters. The van der Waals surface area contributed by atoms with E-state index in [4.69, 9.17) is 0 Å². The lowest BCUT2D eigenvalue weighted by atomic mass is 9.33. The molecule has 0 spiro atoms. The standard InChI is InChI=1S/C64H70BN3S/c1-38-31-41(59(2,3)4)21-25-49(38)68-52-33-39(37-66)32-51-56(52)65(55-44-34-42(60(5,6)7)22-26-53(44)69-58(55)68)48-24-23-45-54(64(14,15)30-29-61(45,8)9)57(48)67(51)50-36-47-46(62(10,11)27-28-63(47,12)13)35-43(50)40-19-17-16-18-20-40/h16-26,31-36H,27-30H2,1-15H3. The zero-order valence-electron chi connectivity index (χ0n) is 44.0. The van der Waals surface area contributed by atoms with Crippen molar-refractivity contribution < 1.29 is 0 Å². The molecular weight excluding hydrogens is 854 g/mol. The molecule has 5 heteroatoms. The van der Waals surface area contributed by atoms with Crippen LogP contribution in [0.25, 0.3) is 21.2 Å². The van der Waals surface area contributed by atoms with E-state index in [2.05, 4.69) is 223 Å². The smallest absolute Gasteiger partial charge is 0.254 e. The van der Waals surface area contributed by atoms with Gasteiger partial charge >= 0.3 is 0 Å². The molecule has 0 saturated carbocycles. The molecule has 1 aromatic heterocycles. The van der Waals surface area contributed by atoms with Crippen LogP contribution in [0, 0.1) is 18.3 Å². The van der Waals surface area contributed by atoms with E-state index in [0.29, 0.717) is 5.56 Å². The van der Waals surface area contributed by atoms with Crippen LogP contribution in [0.4, 0.5) is 33.4 Å². The fraction of sp³-hybridized carbons (Fsp3) is 0.391. The van der Waals surface area contributed by atoms with Crippen molar-refractivity contribution in [1.29, 1.82) is 5.26 Å². The number of fused-ring (bicyclic) bond motifs is 9. The van der Waals surface area contributed by atoms with Crippen LogP contribution in [0.15, 0.2) is 103 Å². The maximum atomic E-state index is 11.3. The number of benzene rings is 6. The molecule has 4 aliphatic rings. The summed E-state index contributed by atoms with van der Waals surface area (Å²) < 4.78 is 1.30. The first-order valence-corrected chi connectivity index (χ1v) is 26.4. The summed E-state index contributed by atoms with van der Waals surface area (Å²) in [5.74, 6) is 0. The average Bonchev–Trinajstić information content (AvgIpc) is 3.67. The summed E-state index contributed by atoms with van der Waals surface area (Å²) in [6.45, 7) is 35.9. The van der Waals surface area contributed by atoms with Gasteiger partial charge in [0.15, 0.2) is 0 Å². The van der Waals surface area contributed by atoms with Gasteiger partial charge in [-0.1, -0.05) is 164 Å². The van der Waals surface area contributed by atoms with E-state index in [0.717, 1.165) is 42.7 Å². The minimum Gasteiger partial charge on any atom is -0.310 e. The highest BCUT2D eigenvalue weighted by molar-refractivity contribution is 7.26. The first-order chi connectivity index (χ1) is 32.3. The molecule has 0 fully saturated rings. The quantitative estimate of drug-likeness (QED) is 0.165. The van der Waals surface area contributed by atoms with Crippen LogP contribution in [0.5, 0.6) is 0 Å². The summed E-state index contributed by atoms with van der Waals surface area (Å²) in [5.41, 5.74) is 22.5. The summed E-state index contributed by atoms with van der Waals surface area (Å²) in [6, 6.07) is 42.9. The maximum Gasteiger partial charge on any atom is 0.254 e. The van der Waals surface area contributed by atoms with Gasteiger partial charge in [0.1, 0.15) is 0 Å². The Morgan fingerprint density at radius 1 is 0.565 bits per heavy atom. The monoisotopic (exact) mass is 924 g/mol. The average molecular weight is 924 g/mol. The fourth-order valence-electron chi connectivity index (χ4n) is 12.8. The number of hydrogen-bond acceptors (Lipinski definition) is 4. The van der Waals surface area contributed by atoms with Gasteiger partial charge in [0.05, 0.1) is 22.3 Å². The predicted octanol–water partition coefficient (Wildman–Crippen LogP) is 16.1. The minimum atomic E-state index is -0.116. The molecule has 0 amide bonds. The lowest BCUT2D eigenvalue weighted by Gasteiger charge is -2.50. The fourth-order valence-corrected chi connectivity index (χ4v) is 14.0. The maximum absolute atomic E-state index is 11.3. The van der Waals surface area contributed by atoms with E-state index in [-0.39, 0.29) is 39.2 Å². The SMILES string of the molecule is Cc1cc(C(C)(C)C)ccc1N1c2cc(C#N)cc3c2B(c2ccc4c(c2N3c2cc3c(cc2-c2ccccc2)C(C)(C)CCC3(C)C)C(C)(C)CCC4(C)C)c2c1sc1ccc(C(C)(C)C)cc21. The third-order valence-corrected chi connectivity index (χ3v) is 18.4. The Bertz CT molecular complexity index is 3340. The molecule has 350 valence electrons. The highest BCUT2D eigenvalue weighted by Gasteiger charge is 2.50. The van der Waals surface area contributed by atoms with Crippen LogP contribution < -0.4 is 26.2 Å². The highest BCUT2D eigenvalue weighted by Crippen LogP contribution is 2.57. The van der Waals surface area contributed by atoms with E-state index in [1.165, 1.54) is 92.9 Å². The second kappa shape index (κ2) is 15.0. The topological polar surface area (TPSA) is 30.3 Å². The summed E-state index contributed by atoms with van der Waals surface area (Å²) in [5, 5.41) is 13.9. The molecule has 0 radical (unpaired) electrons. The number of hydrogen-bond donors (Lipinski definition) is 0. The summed E-state index contributed by atoms with van der Waals surface area (Å²) in [4.78, 5) is 5.25. The molecule has 2 aliphatic heterocycles. The summed E-state index contributed by atoms with van der Waals surface area (Å²) in [7, 11) is 0. The van der Waals surface area contributed by atoms with E-state index >= 15 is 0 Å². The van der Waals surface area contributed by atoms with Crippen molar-refractivity contribution in [2.24, 2.45) is 0 Å². The van der Waals surface area contributed by atoms with Gasteiger partial charge in [0.25, 0.3) is 6.71 Å². The van der Waals surface area contributed by atoms with E-state index < -0.39 is 0 Å².